The number of rotatable bonds is 5. The second kappa shape index (κ2) is 6.41. The Hall–Kier alpha value is -0.330. The summed E-state index contributed by atoms with van der Waals surface area (Å²) in [7, 11) is 0. The standard InChI is InChI=1S/C13H25F3N2O/c1-10(2)11-7-17-12(3,4)8-18(11)5-6-19-9-13(14,15)16/h10-11,17H,5-9H2,1-4H3. The molecule has 6 heteroatoms. The molecule has 1 rings (SSSR count). The van der Waals surface area contributed by atoms with Crippen LogP contribution >= 0.6 is 0 Å². The molecule has 0 spiro atoms. The first-order valence-electron chi connectivity index (χ1n) is 6.74. The number of nitrogens with one attached hydrogen (secondary N) is 1. The van der Waals surface area contributed by atoms with E-state index in [9.17, 15) is 13.2 Å². The molecule has 1 aliphatic heterocycles. The van der Waals surface area contributed by atoms with Gasteiger partial charge in [0.15, 0.2) is 0 Å². The van der Waals surface area contributed by atoms with Crippen LogP contribution in [0.3, 0.4) is 0 Å². The molecule has 0 aliphatic carbocycles. The lowest BCUT2D eigenvalue weighted by molar-refractivity contribution is -0.175. The highest BCUT2D eigenvalue weighted by Gasteiger charge is 2.34. The number of piperazine rings is 1. The van der Waals surface area contributed by atoms with Crippen molar-refractivity contribution in [3.8, 4) is 0 Å². The van der Waals surface area contributed by atoms with Crippen LogP contribution in [0.2, 0.25) is 0 Å². The van der Waals surface area contributed by atoms with E-state index < -0.39 is 12.8 Å². The Balaban J connectivity index is 2.42. The predicted octanol–water partition coefficient (Wildman–Crippen LogP) is 2.27. The second-order valence-corrected chi connectivity index (χ2v) is 6.21. The normalized spacial score (nSPS) is 24.9. The van der Waals surface area contributed by atoms with Gasteiger partial charge in [-0.3, -0.25) is 4.90 Å². The Labute approximate surface area is 113 Å². The molecule has 3 nitrogen and oxygen atoms in total. The first kappa shape index (κ1) is 16.7. The molecule has 19 heavy (non-hydrogen) atoms. The summed E-state index contributed by atoms with van der Waals surface area (Å²) in [5, 5.41) is 3.47. The zero-order valence-corrected chi connectivity index (χ0v) is 12.2. The number of ether oxygens (including phenoxy) is 1. The van der Waals surface area contributed by atoms with Crippen LogP contribution in [0.25, 0.3) is 0 Å². The fraction of sp³-hybridized carbons (Fsp3) is 1.00. The number of hydrogen-bond donors (Lipinski definition) is 1. The highest BCUT2D eigenvalue weighted by Crippen LogP contribution is 2.20. The highest BCUT2D eigenvalue weighted by atomic mass is 19.4. The lowest BCUT2D eigenvalue weighted by Gasteiger charge is -2.46. The van der Waals surface area contributed by atoms with Gasteiger partial charge in [0, 0.05) is 31.2 Å². The lowest BCUT2D eigenvalue weighted by Crippen LogP contribution is -2.63. The lowest BCUT2D eigenvalue weighted by atomic mass is 9.93. The Bertz CT molecular complexity index is 280. The summed E-state index contributed by atoms with van der Waals surface area (Å²) in [5.74, 6) is 0.464. The SMILES string of the molecule is CC(C)C1CNC(C)(C)CN1CCOCC(F)(F)F. The van der Waals surface area contributed by atoms with E-state index in [-0.39, 0.29) is 12.1 Å². The molecular weight excluding hydrogens is 257 g/mol. The molecule has 1 atom stereocenters. The monoisotopic (exact) mass is 282 g/mol. The van der Waals surface area contributed by atoms with Gasteiger partial charge in [-0.25, -0.2) is 0 Å². The van der Waals surface area contributed by atoms with Crippen LogP contribution in [0.4, 0.5) is 13.2 Å². The maximum atomic E-state index is 12.0. The third kappa shape index (κ3) is 6.10. The molecular formula is C13H25F3N2O. The molecule has 1 unspecified atom stereocenters. The molecule has 114 valence electrons. The summed E-state index contributed by atoms with van der Waals surface area (Å²) in [6.45, 7) is 9.68. The molecule has 0 aromatic heterocycles. The number of nitrogens with zero attached hydrogens (tertiary/aromatic N) is 1. The average Bonchev–Trinajstić information content (AvgIpc) is 2.21. The Kier molecular flexibility index (Phi) is 5.65. The van der Waals surface area contributed by atoms with Gasteiger partial charge in [0.1, 0.15) is 6.61 Å². The van der Waals surface area contributed by atoms with Gasteiger partial charge in [0.2, 0.25) is 0 Å². The molecule has 0 radical (unpaired) electrons. The smallest absolute Gasteiger partial charge is 0.371 e. The molecule has 0 amide bonds. The summed E-state index contributed by atoms with van der Waals surface area (Å²) in [5.41, 5.74) is -0.00455. The molecule has 1 N–H and O–H groups in total. The van der Waals surface area contributed by atoms with E-state index in [1.165, 1.54) is 0 Å². The maximum Gasteiger partial charge on any atom is 0.411 e. The van der Waals surface area contributed by atoms with Gasteiger partial charge in [0.05, 0.1) is 6.61 Å². The van der Waals surface area contributed by atoms with Gasteiger partial charge >= 0.3 is 6.18 Å². The maximum absolute atomic E-state index is 12.0. The van der Waals surface area contributed by atoms with Crippen molar-refractivity contribution in [3.63, 3.8) is 0 Å². The van der Waals surface area contributed by atoms with Crippen LogP contribution in [0.5, 0.6) is 0 Å². The van der Waals surface area contributed by atoms with Crippen molar-refractivity contribution in [3.05, 3.63) is 0 Å². The fourth-order valence-electron chi connectivity index (χ4n) is 2.46. The zero-order valence-electron chi connectivity index (χ0n) is 12.2. The van der Waals surface area contributed by atoms with Crippen LogP contribution in [0, 0.1) is 5.92 Å². The first-order chi connectivity index (χ1) is 8.61. The largest absolute Gasteiger partial charge is 0.411 e. The van der Waals surface area contributed by atoms with Crippen molar-refractivity contribution >= 4 is 0 Å². The second-order valence-electron chi connectivity index (χ2n) is 6.21. The topological polar surface area (TPSA) is 24.5 Å². The molecule has 0 aromatic carbocycles. The summed E-state index contributed by atoms with van der Waals surface area (Å²) in [6.07, 6.45) is -4.24. The van der Waals surface area contributed by atoms with E-state index in [1.807, 2.05) is 0 Å². The Morgan fingerprint density at radius 2 is 2.00 bits per heavy atom. The molecule has 0 bridgehead atoms. The Morgan fingerprint density at radius 3 is 2.53 bits per heavy atom. The first-order valence-corrected chi connectivity index (χ1v) is 6.74. The molecule has 1 saturated heterocycles. The minimum atomic E-state index is -4.24. The van der Waals surface area contributed by atoms with Gasteiger partial charge in [-0.2, -0.15) is 13.2 Å². The fourth-order valence-corrected chi connectivity index (χ4v) is 2.46. The van der Waals surface area contributed by atoms with E-state index in [0.29, 0.717) is 18.5 Å². The third-order valence-corrected chi connectivity index (χ3v) is 3.42. The van der Waals surface area contributed by atoms with Gasteiger partial charge in [-0.15, -0.1) is 0 Å². The van der Waals surface area contributed by atoms with E-state index in [0.717, 1.165) is 13.1 Å². The highest BCUT2D eigenvalue weighted by molar-refractivity contribution is 4.93. The van der Waals surface area contributed by atoms with Crippen LogP contribution in [0.1, 0.15) is 27.7 Å². The average molecular weight is 282 g/mol. The van der Waals surface area contributed by atoms with Crippen molar-refractivity contribution in [2.45, 2.75) is 45.5 Å². The summed E-state index contributed by atoms with van der Waals surface area (Å²) < 4.78 is 40.7. The minimum Gasteiger partial charge on any atom is -0.371 e. The zero-order chi connectivity index (χ0) is 14.7. The van der Waals surface area contributed by atoms with Crippen molar-refractivity contribution in [2.24, 2.45) is 5.92 Å². The van der Waals surface area contributed by atoms with E-state index in [4.69, 9.17) is 4.74 Å². The van der Waals surface area contributed by atoms with Gasteiger partial charge in [0.25, 0.3) is 0 Å². The molecule has 1 aliphatic rings. The quantitative estimate of drug-likeness (QED) is 0.783. The van der Waals surface area contributed by atoms with E-state index in [1.54, 1.807) is 0 Å². The van der Waals surface area contributed by atoms with Crippen molar-refractivity contribution in [1.29, 1.82) is 0 Å². The van der Waals surface area contributed by atoms with Crippen LogP contribution in [-0.4, -0.2) is 55.5 Å². The van der Waals surface area contributed by atoms with Crippen LogP contribution < -0.4 is 5.32 Å². The van der Waals surface area contributed by atoms with Gasteiger partial charge < -0.3 is 10.1 Å². The minimum absolute atomic E-state index is 0.00455. The molecule has 1 heterocycles. The van der Waals surface area contributed by atoms with Crippen molar-refractivity contribution in [1.82, 2.24) is 10.2 Å². The molecule has 0 saturated carbocycles. The van der Waals surface area contributed by atoms with Crippen LogP contribution in [0.15, 0.2) is 0 Å². The van der Waals surface area contributed by atoms with Gasteiger partial charge in [-0.05, 0) is 19.8 Å². The predicted molar refractivity (Wildman–Crippen MR) is 69.2 cm³/mol. The van der Waals surface area contributed by atoms with Crippen molar-refractivity contribution < 1.29 is 17.9 Å². The summed E-state index contributed by atoms with van der Waals surface area (Å²) >= 11 is 0. The number of halogens is 3. The number of hydrogen-bond acceptors (Lipinski definition) is 3. The van der Waals surface area contributed by atoms with E-state index in [2.05, 4.69) is 37.9 Å². The van der Waals surface area contributed by atoms with E-state index >= 15 is 0 Å². The van der Waals surface area contributed by atoms with Gasteiger partial charge in [-0.1, -0.05) is 13.8 Å². The summed E-state index contributed by atoms with van der Waals surface area (Å²) in [6, 6.07) is 0.350. The Morgan fingerprint density at radius 1 is 1.37 bits per heavy atom. The summed E-state index contributed by atoms with van der Waals surface area (Å²) in [4.78, 5) is 2.23. The van der Waals surface area contributed by atoms with Crippen molar-refractivity contribution in [2.75, 3.05) is 32.8 Å². The number of alkyl halides is 3. The third-order valence-electron chi connectivity index (χ3n) is 3.42. The van der Waals surface area contributed by atoms with Crippen LogP contribution in [-0.2, 0) is 4.74 Å². The molecule has 1 fully saturated rings. The molecule has 0 aromatic rings.